The van der Waals surface area contributed by atoms with Crippen molar-refractivity contribution in [2.24, 2.45) is 0 Å². The second-order valence-corrected chi connectivity index (χ2v) is 4.90. The van der Waals surface area contributed by atoms with Crippen molar-refractivity contribution >= 4 is 0 Å². The Morgan fingerprint density at radius 1 is 0.950 bits per heavy atom. The summed E-state index contributed by atoms with van der Waals surface area (Å²) in [7, 11) is 0. The number of hydrogen-bond acceptors (Lipinski definition) is 2. The minimum absolute atomic E-state index is 0.106. The van der Waals surface area contributed by atoms with E-state index in [0.717, 1.165) is 18.4 Å². The van der Waals surface area contributed by atoms with Crippen LogP contribution in [0.15, 0.2) is 54.6 Å². The van der Waals surface area contributed by atoms with Crippen molar-refractivity contribution in [3.63, 3.8) is 0 Å². The molecular formula is C17H20FNO. The van der Waals surface area contributed by atoms with Crippen LogP contribution in [0.5, 0.6) is 0 Å². The van der Waals surface area contributed by atoms with E-state index in [-0.39, 0.29) is 18.5 Å². The Morgan fingerprint density at radius 2 is 1.65 bits per heavy atom. The third-order valence-electron chi connectivity index (χ3n) is 3.24. The van der Waals surface area contributed by atoms with Gasteiger partial charge in [-0.25, -0.2) is 4.39 Å². The van der Waals surface area contributed by atoms with E-state index in [0.29, 0.717) is 6.54 Å². The Morgan fingerprint density at radius 3 is 2.35 bits per heavy atom. The van der Waals surface area contributed by atoms with E-state index in [4.69, 9.17) is 5.11 Å². The zero-order valence-corrected chi connectivity index (χ0v) is 11.4. The van der Waals surface area contributed by atoms with Gasteiger partial charge in [0.25, 0.3) is 0 Å². The molecule has 0 saturated heterocycles. The lowest BCUT2D eigenvalue weighted by Crippen LogP contribution is -2.35. The van der Waals surface area contributed by atoms with Crippen molar-refractivity contribution in [2.45, 2.75) is 18.9 Å². The first-order chi connectivity index (χ1) is 9.78. The summed E-state index contributed by atoms with van der Waals surface area (Å²) >= 11 is 0. The minimum atomic E-state index is -0.205. The third kappa shape index (κ3) is 4.76. The summed E-state index contributed by atoms with van der Waals surface area (Å²) < 4.78 is 13.2. The van der Waals surface area contributed by atoms with Crippen molar-refractivity contribution in [1.82, 2.24) is 5.32 Å². The van der Waals surface area contributed by atoms with Crippen LogP contribution in [0.25, 0.3) is 0 Å². The fraction of sp³-hybridized carbons (Fsp3) is 0.294. The molecule has 0 aromatic heterocycles. The first-order valence-electron chi connectivity index (χ1n) is 6.90. The van der Waals surface area contributed by atoms with Gasteiger partial charge >= 0.3 is 0 Å². The highest BCUT2D eigenvalue weighted by Gasteiger charge is 2.10. The highest BCUT2D eigenvalue weighted by Crippen LogP contribution is 2.10. The molecule has 0 amide bonds. The molecule has 3 heteroatoms. The van der Waals surface area contributed by atoms with Gasteiger partial charge in [-0.3, -0.25) is 0 Å². The molecule has 0 aliphatic carbocycles. The smallest absolute Gasteiger partial charge is 0.123 e. The number of benzene rings is 2. The quantitative estimate of drug-likeness (QED) is 0.812. The molecule has 0 heterocycles. The van der Waals surface area contributed by atoms with Crippen LogP contribution in [0.2, 0.25) is 0 Å². The molecular weight excluding hydrogens is 253 g/mol. The second kappa shape index (κ2) is 7.78. The van der Waals surface area contributed by atoms with Crippen LogP contribution >= 0.6 is 0 Å². The Kier molecular flexibility index (Phi) is 5.71. The van der Waals surface area contributed by atoms with Crippen LogP contribution in [0.3, 0.4) is 0 Å². The summed E-state index contributed by atoms with van der Waals surface area (Å²) in [5, 5.41) is 12.3. The lowest BCUT2D eigenvalue weighted by atomic mass is 9.99. The van der Waals surface area contributed by atoms with E-state index in [1.165, 1.54) is 11.6 Å². The molecule has 2 aromatic carbocycles. The molecule has 2 aromatic rings. The summed E-state index contributed by atoms with van der Waals surface area (Å²) in [4.78, 5) is 0. The van der Waals surface area contributed by atoms with Crippen LogP contribution < -0.4 is 5.32 Å². The zero-order chi connectivity index (χ0) is 14.2. The Labute approximate surface area is 119 Å². The fourth-order valence-electron chi connectivity index (χ4n) is 2.33. The van der Waals surface area contributed by atoms with Gasteiger partial charge in [0.05, 0.1) is 6.61 Å². The summed E-state index contributed by atoms with van der Waals surface area (Å²) in [6, 6.07) is 17.1. The van der Waals surface area contributed by atoms with Gasteiger partial charge in [-0.1, -0.05) is 42.5 Å². The van der Waals surface area contributed by atoms with Crippen molar-refractivity contribution < 1.29 is 9.50 Å². The standard InChI is InChI=1S/C17H20FNO/c18-16-8-4-7-15(11-16)13-17(19-9-10-20)12-14-5-2-1-3-6-14/h1-8,11,17,19-20H,9-10,12-13H2. The first kappa shape index (κ1) is 14.7. The third-order valence-corrected chi connectivity index (χ3v) is 3.24. The molecule has 0 saturated carbocycles. The van der Waals surface area contributed by atoms with Crippen LogP contribution in [0.4, 0.5) is 4.39 Å². The molecule has 0 aliphatic heterocycles. The van der Waals surface area contributed by atoms with E-state index < -0.39 is 0 Å². The van der Waals surface area contributed by atoms with E-state index in [9.17, 15) is 4.39 Å². The largest absolute Gasteiger partial charge is 0.395 e. The molecule has 2 nitrogen and oxygen atoms in total. The SMILES string of the molecule is OCCNC(Cc1ccccc1)Cc1cccc(F)c1. The molecule has 20 heavy (non-hydrogen) atoms. The molecule has 0 aliphatic rings. The molecule has 106 valence electrons. The molecule has 0 fully saturated rings. The van der Waals surface area contributed by atoms with Gasteiger partial charge in [0.1, 0.15) is 5.82 Å². The molecule has 1 unspecified atom stereocenters. The summed E-state index contributed by atoms with van der Waals surface area (Å²) in [5.41, 5.74) is 2.20. The fourth-order valence-corrected chi connectivity index (χ4v) is 2.33. The van der Waals surface area contributed by atoms with E-state index >= 15 is 0 Å². The molecule has 0 radical (unpaired) electrons. The van der Waals surface area contributed by atoms with E-state index in [2.05, 4.69) is 17.4 Å². The lowest BCUT2D eigenvalue weighted by molar-refractivity contribution is 0.283. The van der Waals surface area contributed by atoms with Crippen LogP contribution in [0, 0.1) is 5.82 Å². The number of rotatable bonds is 7. The number of aliphatic hydroxyl groups excluding tert-OH is 1. The predicted octanol–water partition coefficient (Wildman–Crippen LogP) is 2.56. The van der Waals surface area contributed by atoms with Gasteiger partial charge in [-0.15, -0.1) is 0 Å². The van der Waals surface area contributed by atoms with Crippen molar-refractivity contribution in [3.05, 3.63) is 71.5 Å². The van der Waals surface area contributed by atoms with Crippen molar-refractivity contribution in [3.8, 4) is 0 Å². The van der Waals surface area contributed by atoms with Gasteiger partial charge in [0.15, 0.2) is 0 Å². The van der Waals surface area contributed by atoms with Crippen molar-refractivity contribution in [2.75, 3.05) is 13.2 Å². The summed E-state index contributed by atoms with van der Waals surface area (Å²) in [6.45, 7) is 0.654. The Balaban J connectivity index is 2.03. The van der Waals surface area contributed by atoms with Crippen LogP contribution in [0.1, 0.15) is 11.1 Å². The minimum Gasteiger partial charge on any atom is -0.395 e. The Hall–Kier alpha value is -1.71. The maximum Gasteiger partial charge on any atom is 0.123 e. The zero-order valence-electron chi connectivity index (χ0n) is 11.4. The van der Waals surface area contributed by atoms with Crippen LogP contribution in [-0.4, -0.2) is 24.3 Å². The average molecular weight is 273 g/mol. The highest BCUT2D eigenvalue weighted by atomic mass is 19.1. The topological polar surface area (TPSA) is 32.3 Å². The normalized spacial score (nSPS) is 12.3. The molecule has 1 atom stereocenters. The maximum absolute atomic E-state index is 13.2. The molecule has 0 bridgehead atoms. The number of halogens is 1. The molecule has 0 spiro atoms. The number of nitrogens with one attached hydrogen (secondary N) is 1. The van der Waals surface area contributed by atoms with Gasteiger partial charge in [-0.05, 0) is 36.1 Å². The van der Waals surface area contributed by atoms with E-state index in [1.807, 2.05) is 24.3 Å². The Bertz CT molecular complexity index is 515. The molecule has 2 N–H and O–H groups in total. The van der Waals surface area contributed by atoms with Crippen molar-refractivity contribution in [1.29, 1.82) is 0 Å². The van der Waals surface area contributed by atoms with Gasteiger partial charge in [0, 0.05) is 12.6 Å². The van der Waals surface area contributed by atoms with E-state index in [1.54, 1.807) is 12.1 Å². The van der Waals surface area contributed by atoms with Crippen LogP contribution in [-0.2, 0) is 12.8 Å². The molecule has 2 rings (SSSR count). The second-order valence-electron chi connectivity index (χ2n) is 4.90. The maximum atomic E-state index is 13.2. The average Bonchev–Trinajstić information content (AvgIpc) is 2.46. The summed E-state index contributed by atoms with van der Waals surface area (Å²) in [6.07, 6.45) is 1.60. The summed E-state index contributed by atoms with van der Waals surface area (Å²) in [5.74, 6) is -0.205. The number of aliphatic hydroxyl groups is 1. The highest BCUT2D eigenvalue weighted by molar-refractivity contribution is 5.20. The van der Waals surface area contributed by atoms with Gasteiger partial charge < -0.3 is 10.4 Å². The van der Waals surface area contributed by atoms with Gasteiger partial charge in [0.2, 0.25) is 0 Å². The predicted molar refractivity (Wildman–Crippen MR) is 79.1 cm³/mol. The monoisotopic (exact) mass is 273 g/mol. The lowest BCUT2D eigenvalue weighted by Gasteiger charge is -2.18. The van der Waals surface area contributed by atoms with Gasteiger partial charge in [-0.2, -0.15) is 0 Å². The first-order valence-corrected chi connectivity index (χ1v) is 6.90. The number of hydrogen-bond donors (Lipinski definition) is 2.